The van der Waals surface area contributed by atoms with E-state index in [1.54, 1.807) is 42.5 Å². The van der Waals surface area contributed by atoms with E-state index in [-0.39, 0.29) is 10.7 Å². The summed E-state index contributed by atoms with van der Waals surface area (Å²) in [6.45, 7) is 0. The van der Waals surface area contributed by atoms with Crippen LogP contribution in [-0.2, 0) is 4.79 Å². The Morgan fingerprint density at radius 3 is 2.62 bits per heavy atom. The molecule has 1 fully saturated rings. The zero-order valence-corrected chi connectivity index (χ0v) is 14.1. The summed E-state index contributed by atoms with van der Waals surface area (Å²) in [5, 5.41) is 9.71. The summed E-state index contributed by atoms with van der Waals surface area (Å²) < 4.78 is 4.98. The van der Waals surface area contributed by atoms with E-state index in [0.717, 1.165) is 16.7 Å². The average molecular weight is 362 g/mol. The zero-order valence-electron chi connectivity index (χ0n) is 12.5. The highest BCUT2D eigenvalue weighted by atomic mass is 35.5. The SMILES string of the molecule is COc1ccc(/C=C2\SC(=O)N(c3ccccc3Cl)C2=O)cc1O. The molecule has 1 saturated heterocycles. The predicted octanol–water partition coefficient (Wildman–Crippen LogP) is 4.30. The van der Waals surface area contributed by atoms with Crippen molar-refractivity contribution in [2.45, 2.75) is 0 Å². The molecule has 0 aliphatic carbocycles. The van der Waals surface area contributed by atoms with Crippen LogP contribution < -0.4 is 9.64 Å². The molecule has 1 heterocycles. The van der Waals surface area contributed by atoms with Gasteiger partial charge in [-0.15, -0.1) is 0 Å². The molecule has 0 radical (unpaired) electrons. The summed E-state index contributed by atoms with van der Waals surface area (Å²) >= 11 is 6.90. The van der Waals surface area contributed by atoms with Crippen molar-refractivity contribution in [3.8, 4) is 11.5 Å². The van der Waals surface area contributed by atoms with Gasteiger partial charge in [0.25, 0.3) is 11.1 Å². The van der Waals surface area contributed by atoms with E-state index >= 15 is 0 Å². The van der Waals surface area contributed by atoms with E-state index < -0.39 is 11.1 Å². The summed E-state index contributed by atoms with van der Waals surface area (Å²) in [5.41, 5.74) is 0.931. The van der Waals surface area contributed by atoms with E-state index in [2.05, 4.69) is 0 Å². The predicted molar refractivity (Wildman–Crippen MR) is 94.6 cm³/mol. The van der Waals surface area contributed by atoms with Crippen LogP contribution in [0.25, 0.3) is 6.08 Å². The molecule has 0 saturated carbocycles. The molecule has 0 spiro atoms. The molecule has 0 unspecified atom stereocenters. The van der Waals surface area contributed by atoms with Gasteiger partial charge in [-0.25, -0.2) is 4.90 Å². The average Bonchev–Trinajstić information content (AvgIpc) is 2.82. The molecule has 0 atom stereocenters. The quantitative estimate of drug-likeness (QED) is 0.826. The number of amides is 2. The number of ether oxygens (including phenoxy) is 1. The van der Waals surface area contributed by atoms with Crippen LogP contribution in [0.2, 0.25) is 5.02 Å². The van der Waals surface area contributed by atoms with Crippen molar-refractivity contribution in [1.82, 2.24) is 0 Å². The Balaban J connectivity index is 1.94. The van der Waals surface area contributed by atoms with Crippen molar-refractivity contribution in [1.29, 1.82) is 0 Å². The Labute approximate surface area is 147 Å². The lowest BCUT2D eigenvalue weighted by molar-refractivity contribution is -0.113. The number of methoxy groups -OCH3 is 1. The number of nitrogens with zero attached hydrogens (tertiary/aromatic N) is 1. The molecule has 2 aromatic rings. The molecule has 1 N–H and O–H groups in total. The zero-order chi connectivity index (χ0) is 17.3. The van der Waals surface area contributed by atoms with Gasteiger partial charge in [0.2, 0.25) is 0 Å². The van der Waals surface area contributed by atoms with Gasteiger partial charge in [-0.05, 0) is 47.7 Å². The van der Waals surface area contributed by atoms with Crippen LogP contribution in [0.15, 0.2) is 47.4 Å². The summed E-state index contributed by atoms with van der Waals surface area (Å²) in [6, 6.07) is 11.4. The number of carbonyl (C=O) groups is 2. The van der Waals surface area contributed by atoms with Gasteiger partial charge in [0.15, 0.2) is 11.5 Å². The topological polar surface area (TPSA) is 66.8 Å². The molecular formula is C17H12ClNO4S. The van der Waals surface area contributed by atoms with E-state index in [1.807, 2.05) is 0 Å². The van der Waals surface area contributed by atoms with E-state index in [4.69, 9.17) is 16.3 Å². The van der Waals surface area contributed by atoms with Gasteiger partial charge in [0.1, 0.15) is 0 Å². The Bertz CT molecular complexity index is 865. The Morgan fingerprint density at radius 2 is 1.96 bits per heavy atom. The fraction of sp³-hybridized carbons (Fsp3) is 0.0588. The van der Waals surface area contributed by atoms with Crippen molar-refractivity contribution >= 4 is 46.3 Å². The minimum atomic E-state index is -0.451. The molecule has 2 aromatic carbocycles. The fourth-order valence-electron chi connectivity index (χ4n) is 2.26. The Morgan fingerprint density at radius 1 is 1.21 bits per heavy atom. The Hall–Kier alpha value is -2.44. The monoisotopic (exact) mass is 361 g/mol. The number of hydrogen-bond acceptors (Lipinski definition) is 5. The van der Waals surface area contributed by atoms with Crippen LogP contribution in [-0.4, -0.2) is 23.4 Å². The summed E-state index contributed by atoms with van der Waals surface area (Å²) in [5.74, 6) is -0.165. The molecule has 1 aliphatic rings. The molecule has 0 aromatic heterocycles. The minimum absolute atomic E-state index is 0.0448. The lowest BCUT2D eigenvalue weighted by Gasteiger charge is -2.13. The molecule has 3 rings (SSSR count). The number of thioether (sulfide) groups is 1. The molecule has 2 amide bonds. The van der Waals surface area contributed by atoms with Crippen LogP contribution >= 0.6 is 23.4 Å². The highest BCUT2D eigenvalue weighted by Crippen LogP contribution is 2.39. The largest absolute Gasteiger partial charge is 0.504 e. The number of aromatic hydroxyl groups is 1. The summed E-state index contributed by atoms with van der Waals surface area (Å²) in [6.07, 6.45) is 1.54. The number of phenols is 1. The van der Waals surface area contributed by atoms with Gasteiger partial charge in [-0.1, -0.05) is 29.8 Å². The number of hydrogen-bond donors (Lipinski definition) is 1. The van der Waals surface area contributed by atoms with Crippen molar-refractivity contribution in [3.63, 3.8) is 0 Å². The van der Waals surface area contributed by atoms with Crippen LogP contribution in [0.5, 0.6) is 11.5 Å². The molecule has 122 valence electrons. The second kappa shape index (κ2) is 6.59. The third-order valence-corrected chi connectivity index (χ3v) is 4.58. The van der Waals surface area contributed by atoms with Gasteiger partial charge < -0.3 is 9.84 Å². The number of phenolic OH excluding ortho intramolecular Hbond substituents is 1. The molecule has 1 aliphatic heterocycles. The van der Waals surface area contributed by atoms with Crippen molar-refractivity contribution < 1.29 is 19.4 Å². The number of carbonyl (C=O) groups excluding carboxylic acids is 2. The van der Waals surface area contributed by atoms with Crippen LogP contribution in [0.1, 0.15) is 5.56 Å². The molecule has 5 nitrogen and oxygen atoms in total. The molecular weight excluding hydrogens is 350 g/mol. The van der Waals surface area contributed by atoms with E-state index in [0.29, 0.717) is 22.0 Å². The smallest absolute Gasteiger partial charge is 0.298 e. The summed E-state index contributed by atoms with van der Waals surface area (Å²) in [7, 11) is 1.45. The Kier molecular flexibility index (Phi) is 4.51. The maximum atomic E-state index is 12.6. The van der Waals surface area contributed by atoms with Crippen molar-refractivity contribution in [2.75, 3.05) is 12.0 Å². The number of halogens is 1. The third kappa shape index (κ3) is 2.98. The van der Waals surface area contributed by atoms with Gasteiger partial charge in [0.05, 0.1) is 22.7 Å². The lowest BCUT2D eigenvalue weighted by atomic mass is 10.2. The van der Waals surface area contributed by atoms with Crippen molar-refractivity contribution in [3.05, 3.63) is 58.0 Å². The van der Waals surface area contributed by atoms with Gasteiger partial charge in [-0.2, -0.15) is 0 Å². The van der Waals surface area contributed by atoms with Gasteiger partial charge in [0, 0.05) is 0 Å². The first-order valence-electron chi connectivity index (χ1n) is 6.91. The van der Waals surface area contributed by atoms with Crippen LogP contribution in [0.3, 0.4) is 0 Å². The second-order valence-electron chi connectivity index (χ2n) is 4.90. The molecule has 7 heteroatoms. The molecule has 0 bridgehead atoms. The highest BCUT2D eigenvalue weighted by molar-refractivity contribution is 8.19. The van der Waals surface area contributed by atoms with Crippen LogP contribution in [0.4, 0.5) is 10.5 Å². The number of anilines is 1. The third-order valence-electron chi connectivity index (χ3n) is 3.39. The first kappa shape index (κ1) is 16.4. The summed E-state index contributed by atoms with van der Waals surface area (Å²) in [4.78, 5) is 26.1. The van der Waals surface area contributed by atoms with Gasteiger partial charge in [-0.3, -0.25) is 9.59 Å². The maximum absolute atomic E-state index is 12.6. The maximum Gasteiger partial charge on any atom is 0.298 e. The van der Waals surface area contributed by atoms with Crippen molar-refractivity contribution in [2.24, 2.45) is 0 Å². The second-order valence-corrected chi connectivity index (χ2v) is 6.30. The standard InChI is InChI=1S/C17H12ClNO4S/c1-23-14-7-6-10(8-13(14)20)9-15-16(21)19(17(22)24-15)12-5-3-2-4-11(12)18/h2-9,20H,1H3/b15-9-. The number of imide groups is 1. The fourth-order valence-corrected chi connectivity index (χ4v) is 3.31. The molecule has 24 heavy (non-hydrogen) atoms. The van der Waals surface area contributed by atoms with E-state index in [9.17, 15) is 14.7 Å². The number of para-hydroxylation sites is 1. The van der Waals surface area contributed by atoms with Gasteiger partial charge >= 0.3 is 0 Å². The highest BCUT2D eigenvalue weighted by Gasteiger charge is 2.37. The normalized spacial score (nSPS) is 16.1. The first-order valence-corrected chi connectivity index (χ1v) is 8.10. The first-order chi connectivity index (χ1) is 11.5. The lowest BCUT2D eigenvalue weighted by Crippen LogP contribution is -2.27. The van der Waals surface area contributed by atoms with Crippen LogP contribution in [0, 0.1) is 0 Å². The van der Waals surface area contributed by atoms with E-state index in [1.165, 1.54) is 13.2 Å². The number of benzene rings is 2. The minimum Gasteiger partial charge on any atom is -0.504 e. The number of rotatable bonds is 3.